The van der Waals surface area contributed by atoms with Crippen LogP contribution in [0.5, 0.6) is 5.75 Å². The molecule has 0 bridgehead atoms. The zero-order valence-corrected chi connectivity index (χ0v) is 19.8. The van der Waals surface area contributed by atoms with Gasteiger partial charge in [0.2, 0.25) is 0 Å². The van der Waals surface area contributed by atoms with Crippen LogP contribution in [0.4, 0.5) is 13.2 Å². The number of aliphatic hydroxyl groups excluding tert-OH is 1. The molecule has 3 aromatic carbocycles. The molecular weight excluding hydrogens is 449 g/mol. The summed E-state index contributed by atoms with van der Waals surface area (Å²) >= 11 is 0. The molecule has 0 spiro atoms. The summed E-state index contributed by atoms with van der Waals surface area (Å²) in [5.41, 5.74) is 3.14. The Balaban J connectivity index is 1.39. The number of halogens is 3. The van der Waals surface area contributed by atoms with E-state index in [0.717, 1.165) is 11.1 Å². The molecule has 2 nitrogen and oxygen atoms in total. The second kappa shape index (κ2) is 11.6. The van der Waals surface area contributed by atoms with E-state index in [9.17, 15) is 18.3 Å². The van der Waals surface area contributed by atoms with Gasteiger partial charge >= 0.3 is 0 Å². The topological polar surface area (TPSA) is 29.5 Å². The maximum absolute atomic E-state index is 14.9. The molecule has 1 saturated carbocycles. The minimum absolute atomic E-state index is 0.0538. The molecule has 0 amide bonds. The smallest absolute Gasteiger partial charge is 0.166 e. The summed E-state index contributed by atoms with van der Waals surface area (Å²) in [5, 5.41) is 9.68. The third kappa shape index (κ3) is 6.15. The Labute approximate surface area is 205 Å². The Morgan fingerprint density at radius 1 is 0.857 bits per heavy atom. The first-order valence-electron chi connectivity index (χ1n) is 12.2. The SMILES string of the molecule is C=CCCOc1ccc(CCc2ccc(-c3ccc(C4CCC(O)CC4)c(F)c3F)cc2)cc1F. The highest BCUT2D eigenvalue weighted by Crippen LogP contribution is 2.37. The second-order valence-corrected chi connectivity index (χ2v) is 9.22. The van der Waals surface area contributed by atoms with E-state index < -0.39 is 11.6 Å². The lowest BCUT2D eigenvalue weighted by molar-refractivity contribution is 0.122. The summed E-state index contributed by atoms with van der Waals surface area (Å²) in [5.74, 6) is -1.81. The van der Waals surface area contributed by atoms with Gasteiger partial charge in [0.25, 0.3) is 0 Å². The highest BCUT2D eigenvalue weighted by atomic mass is 19.2. The van der Waals surface area contributed by atoms with E-state index in [1.807, 2.05) is 18.2 Å². The van der Waals surface area contributed by atoms with Gasteiger partial charge in [0.05, 0.1) is 12.7 Å². The summed E-state index contributed by atoms with van der Waals surface area (Å²) in [6.07, 6.45) is 5.96. The van der Waals surface area contributed by atoms with Gasteiger partial charge in [0.1, 0.15) is 0 Å². The van der Waals surface area contributed by atoms with E-state index in [0.29, 0.717) is 62.7 Å². The lowest BCUT2D eigenvalue weighted by Gasteiger charge is -2.26. The van der Waals surface area contributed by atoms with E-state index in [4.69, 9.17) is 4.74 Å². The van der Waals surface area contributed by atoms with Gasteiger partial charge in [-0.3, -0.25) is 0 Å². The summed E-state index contributed by atoms with van der Waals surface area (Å²) in [6.45, 7) is 4.01. The first-order chi connectivity index (χ1) is 17.0. The predicted octanol–water partition coefficient (Wildman–Crippen LogP) is 7.53. The van der Waals surface area contributed by atoms with Crippen molar-refractivity contribution in [1.29, 1.82) is 0 Å². The highest BCUT2D eigenvalue weighted by Gasteiger charge is 2.25. The van der Waals surface area contributed by atoms with Gasteiger partial charge in [-0.1, -0.05) is 48.5 Å². The molecule has 0 aromatic heterocycles. The highest BCUT2D eigenvalue weighted by molar-refractivity contribution is 5.65. The van der Waals surface area contributed by atoms with Crippen molar-refractivity contribution in [2.24, 2.45) is 0 Å². The van der Waals surface area contributed by atoms with E-state index in [1.54, 1.807) is 36.4 Å². The van der Waals surface area contributed by atoms with E-state index in [2.05, 4.69) is 6.58 Å². The maximum Gasteiger partial charge on any atom is 0.166 e. The fraction of sp³-hybridized carbons (Fsp3) is 0.333. The average Bonchev–Trinajstić information content (AvgIpc) is 2.87. The lowest BCUT2D eigenvalue weighted by Crippen LogP contribution is -2.18. The third-order valence-electron chi connectivity index (χ3n) is 6.79. The number of ether oxygens (including phenoxy) is 1. The standard InChI is InChI=1S/C30H31F3O2/c1-2-3-18-35-28-17-8-21(19-27(28)31)5-4-20-6-9-22(10-7-20)25-15-16-26(30(33)29(25)32)23-11-13-24(34)14-12-23/h2,6-10,15-17,19,23-24,34H,1,3-5,11-14,18H2. The molecular formula is C30H31F3O2. The fourth-order valence-corrected chi connectivity index (χ4v) is 4.70. The summed E-state index contributed by atoms with van der Waals surface area (Å²) in [4.78, 5) is 0. The van der Waals surface area contributed by atoms with Crippen molar-refractivity contribution in [2.75, 3.05) is 6.61 Å². The molecule has 4 rings (SSSR count). The second-order valence-electron chi connectivity index (χ2n) is 9.22. The molecule has 1 fully saturated rings. The first kappa shape index (κ1) is 25.1. The molecule has 1 aliphatic rings. The normalized spacial score (nSPS) is 17.8. The van der Waals surface area contributed by atoms with Crippen LogP contribution in [0, 0.1) is 17.5 Å². The quantitative estimate of drug-likeness (QED) is 0.253. The maximum atomic E-state index is 14.9. The van der Waals surface area contributed by atoms with Crippen molar-refractivity contribution >= 4 is 0 Å². The van der Waals surface area contributed by atoms with Gasteiger partial charge in [0, 0.05) is 5.56 Å². The fourth-order valence-electron chi connectivity index (χ4n) is 4.70. The summed E-state index contributed by atoms with van der Waals surface area (Å²) < 4.78 is 49.5. The van der Waals surface area contributed by atoms with E-state index >= 15 is 0 Å². The van der Waals surface area contributed by atoms with Crippen LogP contribution in [0.1, 0.15) is 54.7 Å². The van der Waals surface area contributed by atoms with Crippen LogP contribution in [-0.4, -0.2) is 17.8 Å². The molecule has 0 atom stereocenters. The van der Waals surface area contributed by atoms with Crippen LogP contribution < -0.4 is 4.74 Å². The van der Waals surface area contributed by atoms with Crippen molar-refractivity contribution < 1.29 is 23.0 Å². The van der Waals surface area contributed by atoms with Gasteiger partial charge in [-0.2, -0.15) is 0 Å². The first-order valence-corrected chi connectivity index (χ1v) is 12.2. The molecule has 3 aromatic rings. The number of hydrogen-bond donors (Lipinski definition) is 1. The predicted molar refractivity (Wildman–Crippen MR) is 133 cm³/mol. The van der Waals surface area contributed by atoms with Gasteiger partial charge in [0.15, 0.2) is 23.2 Å². The Kier molecular flexibility index (Phi) is 8.29. The number of aliphatic hydroxyl groups is 1. The largest absolute Gasteiger partial charge is 0.490 e. The molecule has 0 aliphatic heterocycles. The number of hydrogen-bond acceptors (Lipinski definition) is 2. The van der Waals surface area contributed by atoms with Gasteiger partial charge < -0.3 is 9.84 Å². The molecule has 35 heavy (non-hydrogen) atoms. The zero-order valence-electron chi connectivity index (χ0n) is 19.8. The Bertz CT molecular complexity index is 1150. The van der Waals surface area contributed by atoms with Crippen LogP contribution in [0.25, 0.3) is 11.1 Å². The van der Waals surface area contributed by atoms with Crippen LogP contribution in [0.3, 0.4) is 0 Å². The molecule has 0 radical (unpaired) electrons. The molecule has 0 heterocycles. The van der Waals surface area contributed by atoms with Crippen LogP contribution in [0.15, 0.2) is 67.3 Å². The van der Waals surface area contributed by atoms with Crippen molar-refractivity contribution in [1.82, 2.24) is 0 Å². The molecule has 1 aliphatic carbocycles. The monoisotopic (exact) mass is 480 g/mol. The molecule has 1 N–H and O–H groups in total. The summed E-state index contributed by atoms with van der Waals surface area (Å²) in [6, 6.07) is 15.7. The van der Waals surface area contributed by atoms with Gasteiger partial charge in [-0.15, -0.1) is 6.58 Å². The van der Waals surface area contributed by atoms with Crippen LogP contribution in [-0.2, 0) is 12.8 Å². The van der Waals surface area contributed by atoms with Crippen molar-refractivity contribution in [3.8, 4) is 16.9 Å². The Morgan fingerprint density at radius 2 is 1.54 bits per heavy atom. The van der Waals surface area contributed by atoms with Crippen molar-refractivity contribution in [3.05, 3.63) is 101 Å². The van der Waals surface area contributed by atoms with E-state index in [-0.39, 0.29) is 29.2 Å². The van der Waals surface area contributed by atoms with Crippen LogP contribution >= 0.6 is 0 Å². The number of aryl methyl sites for hydroxylation is 2. The minimum atomic E-state index is -0.827. The van der Waals surface area contributed by atoms with Gasteiger partial charge in [-0.25, -0.2) is 13.2 Å². The molecule has 0 saturated heterocycles. The van der Waals surface area contributed by atoms with Crippen molar-refractivity contribution in [3.63, 3.8) is 0 Å². The Hall–Kier alpha value is -3.05. The summed E-state index contributed by atoms with van der Waals surface area (Å²) in [7, 11) is 0. The zero-order chi connectivity index (χ0) is 24.8. The number of benzene rings is 3. The molecule has 184 valence electrons. The Morgan fingerprint density at radius 3 is 2.23 bits per heavy atom. The van der Waals surface area contributed by atoms with Crippen molar-refractivity contribution in [2.45, 2.75) is 57.0 Å². The third-order valence-corrected chi connectivity index (χ3v) is 6.79. The average molecular weight is 481 g/mol. The van der Waals surface area contributed by atoms with E-state index in [1.165, 1.54) is 6.07 Å². The van der Waals surface area contributed by atoms with Crippen LogP contribution in [0.2, 0.25) is 0 Å². The lowest BCUT2D eigenvalue weighted by atomic mass is 9.82. The van der Waals surface area contributed by atoms with Gasteiger partial charge in [-0.05, 0) is 85.3 Å². The number of rotatable bonds is 9. The minimum Gasteiger partial charge on any atom is -0.490 e. The molecule has 0 unspecified atom stereocenters. The molecule has 5 heteroatoms.